The number of nitrogens with one attached hydrogen (secondary N) is 1. The van der Waals surface area contributed by atoms with E-state index in [4.69, 9.17) is 23.2 Å². The number of rotatable bonds is 2. The molecule has 0 radical (unpaired) electrons. The maximum Gasteiger partial charge on any atom is 0.258 e. The number of benzene rings is 1. The summed E-state index contributed by atoms with van der Waals surface area (Å²) >= 11 is 11.7. The van der Waals surface area contributed by atoms with Gasteiger partial charge in [0.05, 0.1) is 10.6 Å². The first kappa shape index (κ1) is 13.8. The number of hydrogen-bond acceptors (Lipinski definition) is 2. The quantitative estimate of drug-likeness (QED) is 0.907. The summed E-state index contributed by atoms with van der Waals surface area (Å²) in [5, 5.41) is 2.99. The van der Waals surface area contributed by atoms with Gasteiger partial charge in [0, 0.05) is 22.6 Å². The third-order valence-electron chi connectivity index (χ3n) is 2.36. The van der Waals surface area contributed by atoms with Crippen LogP contribution in [0.15, 0.2) is 30.5 Å². The Morgan fingerprint density at radius 2 is 2.00 bits per heavy atom. The van der Waals surface area contributed by atoms with Crippen LogP contribution in [-0.2, 0) is 0 Å². The number of aryl methyl sites for hydroxylation is 1. The van der Waals surface area contributed by atoms with Crippen LogP contribution in [0.2, 0.25) is 10.0 Å². The average Bonchev–Trinajstić information content (AvgIpc) is 2.26. The summed E-state index contributed by atoms with van der Waals surface area (Å²) in [6.07, 6.45) is 1.37. The number of nitrogens with zero attached hydrogens (tertiary/aromatic N) is 1. The zero-order valence-electron chi connectivity index (χ0n) is 9.88. The highest BCUT2D eigenvalue weighted by atomic mass is 35.5. The molecule has 19 heavy (non-hydrogen) atoms. The summed E-state index contributed by atoms with van der Waals surface area (Å²) in [5.41, 5.74) is 1.18. The van der Waals surface area contributed by atoms with E-state index in [-0.39, 0.29) is 21.3 Å². The van der Waals surface area contributed by atoms with Crippen molar-refractivity contribution in [3.63, 3.8) is 0 Å². The number of anilines is 1. The number of aromatic nitrogens is 1. The Labute approximate surface area is 119 Å². The van der Waals surface area contributed by atoms with Crippen molar-refractivity contribution in [2.75, 3.05) is 5.32 Å². The smallest absolute Gasteiger partial charge is 0.258 e. The lowest BCUT2D eigenvalue weighted by molar-refractivity contribution is 0.102. The van der Waals surface area contributed by atoms with Gasteiger partial charge in [0.25, 0.3) is 5.91 Å². The van der Waals surface area contributed by atoms with E-state index in [1.54, 1.807) is 13.0 Å². The highest BCUT2D eigenvalue weighted by molar-refractivity contribution is 6.34. The molecule has 98 valence electrons. The monoisotopic (exact) mass is 298 g/mol. The molecule has 1 aromatic carbocycles. The van der Waals surface area contributed by atoms with Crippen LogP contribution in [0.25, 0.3) is 0 Å². The van der Waals surface area contributed by atoms with Crippen LogP contribution < -0.4 is 5.32 Å². The van der Waals surface area contributed by atoms with E-state index in [1.807, 2.05) is 0 Å². The second kappa shape index (κ2) is 5.55. The Bertz CT molecular complexity index is 626. The molecule has 0 aliphatic heterocycles. The maximum atomic E-state index is 13.1. The summed E-state index contributed by atoms with van der Waals surface area (Å²) < 4.78 is 13.1. The summed E-state index contributed by atoms with van der Waals surface area (Å²) in [5.74, 6) is -1.00. The number of hydrogen-bond donors (Lipinski definition) is 1. The Kier molecular flexibility index (Phi) is 4.02. The molecule has 1 N–H and O–H groups in total. The van der Waals surface area contributed by atoms with Gasteiger partial charge in [-0.3, -0.25) is 9.78 Å². The molecule has 0 fully saturated rings. The lowest BCUT2D eigenvalue weighted by atomic mass is 10.2. The molecule has 0 unspecified atom stereocenters. The van der Waals surface area contributed by atoms with E-state index >= 15 is 0 Å². The molecule has 0 atom stereocenters. The topological polar surface area (TPSA) is 42.0 Å². The number of amides is 1. The van der Waals surface area contributed by atoms with E-state index in [9.17, 15) is 9.18 Å². The van der Waals surface area contributed by atoms with E-state index in [2.05, 4.69) is 10.3 Å². The lowest BCUT2D eigenvalue weighted by Crippen LogP contribution is -2.13. The molecular weight excluding hydrogens is 290 g/mol. The van der Waals surface area contributed by atoms with Crippen molar-refractivity contribution >= 4 is 34.8 Å². The zero-order chi connectivity index (χ0) is 14.0. The standard InChI is InChI=1S/C13H9Cl2FN2O/c1-7-2-12(15)11(6-17-7)13(19)18-10-4-8(14)3-9(16)5-10/h2-6H,1H3,(H,18,19). The molecule has 2 rings (SSSR count). The van der Waals surface area contributed by atoms with Crippen molar-refractivity contribution in [1.29, 1.82) is 0 Å². The molecule has 6 heteroatoms. The minimum absolute atomic E-state index is 0.198. The minimum atomic E-state index is -0.532. The van der Waals surface area contributed by atoms with E-state index < -0.39 is 11.7 Å². The Balaban J connectivity index is 2.25. The number of pyridine rings is 1. The van der Waals surface area contributed by atoms with Crippen molar-refractivity contribution in [1.82, 2.24) is 4.98 Å². The average molecular weight is 299 g/mol. The van der Waals surface area contributed by atoms with Crippen LogP contribution in [0.4, 0.5) is 10.1 Å². The van der Waals surface area contributed by atoms with Crippen molar-refractivity contribution in [3.8, 4) is 0 Å². The molecule has 0 aliphatic rings. The first-order valence-corrected chi connectivity index (χ1v) is 6.11. The van der Waals surface area contributed by atoms with Gasteiger partial charge in [-0.25, -0.2) is 4.39 Å². The Morgan fingerprint density at radius 1 is 1.26 bits per heavy atom. The van der Waals surface area contributed by atoms with Crippen LogP contribution in [0.5, 0.6) is 0 Å². The van der Waals surface area contributed by atoms with E-state index in [0.29, 0.717) is 5.69 Å². The molecule has 1 heterocycles. The summed E-state index contributed by atoms with van der Waals surface area (Å²) in [4.78, 5) is 16.0. The lowest BCUT2D eigenvalue weighted by Gasteiger charge is -2.07. The number of carbonyl (C=O) groups excluding carboxylic acids is 1. The second-order valence-corrected chi connectivity index (χ2v) is 4.76. The SMILES string of the molecule is Cc1cc(Cl)c(C(=O)Nc2cc(F)cc(Cl)c2)cn1. The van der Waals surface area contributed by atoms with Gasteiger partial charge in [-0.15, -0.1) is 0 Å². The third kappa shape index (κ3) is 3.43. The maximum absolute atomic E-state index is 13.1. The zero-order valence-corrected chi connectivity index (χ0v) is 11.4. The molecule has 0 saturated heterocycles. The van der Waals surface area contributed by atoms with Crippen LogP contribution in [-0.4, -0.2) is 10.9 Å². The predicted octanol–water partition coefficient (Wildman–Crippen LogP) is 4.09. The molecule has 3 nitrogen and oxygen atoms in total. The predicted molar refractivity (Wildman–Crippen MR) is 73.3 cm³/mol. The fourth-order valence-electron chi connectivity index (χ4n) is 1.52. The van der Waals surface area contributed by atoms with Crippen molar-refractivity contribution in [3.05, 3.63) is 57.6 Å². The van der Waals surface area contributed by atoms with Crippen LogP contribution in [0.3, 0.4) is 0 Å². The molecule has 1 amide bonds. The van der Waals surface area contributed by atoms with Gasteiger partial charge in [0.2, 0.25) is 0 Å². The van der Waals surface area contributed by atoms with Crippen molar-refractivity contribution < 1.29 is 9.18 Å². The highest BCUT2D eigenvalue weighted by Crippen LogP contribution is 2.21. The molecule has 0 aliphatic carbocycles. The Morgan fingerprint density at radius 3 is 2.63 bits per heavy atom. The van der Waals surface area contributed by atoms with E-state index in [0.717, 1.165) is 6.07 Å². The summed E-state index contributed by atoms with van der Waals surface area (Å²) in [6, 6.07) is 5.34. The third-order valence-corrected chi connectivity index (χ3v) is 2.89. The molecule has 0 saturated carbocycles. The van der Waals surface area contributed by atoms with Crippen molar-refractivity contribution in [2.24, 2.45) is 0 Å². The molecule has 0 bridgehead atoms. The van der Waals surface area contributed by atoms with Gasteiger partial charge in [0.15, 0.2) is 0 Å². The van der Waals surface area contributed by atoms with Gasteiger partial charge in [-0.2, -0.15) is 0 Å². The fourth-order valence-corrected chi connectivity index (χ4v) is 2.03. The summed E-state index contributed by atoms with van der Waals surface area (Å²) in [7, 11) is 0. The van der Waals surface area contributed by atoms with Crippen molar-refractivity contribution in [2.45, 2.75) is 6.92 Å². The van der Waals surface area contributed by atoms with Gasteiger partial charge >= 0.3 is 0 Å². The molecule has 2 aromatic rings. The molecular formula is C13H9Cl2FN2O. The van der Waals surface area contributed by atoms with Crippen LogP contribution in [0, 0.1) is 12.7 Å². The van der Waals surface area contributed by atoms with Crippen LogP contribution in [0.1, 0.15) is 16.1 Å². The van der Waals surface area contributed by atoms with Crippen LogP contribution >= 0.6 is 23.2 Å². The van der Waals surface area contributed by atoms with Gasteiger partial charge < -0.3 is 5.32 Å². The second-order valence-electron chi connectivity index (χ2n) is 3.92. The van der Waals surface area contributed by atoms with E-state index in [1.165, 1.54) is 18.3 Å². The Hall–Kier alpha value is -1.65. The van der Waals surface area contributed by atoms with Gasteiger partial charge in [-0.05, 0) is 31.2 Å². The fraction of sp³-hybridized carbons (Fsp3) is 0.0769. The minimum Gasteiger partial charge on any atom is -0.322 e. The first-order chi connectivity index (χ1) is 8.95. The van der Waals surface area contributed by atoms with Gasteiger partial charge in [0.1, 0.15) is 5.82 Å². The summed E-state index contributed by atoms with van der Waals surface area (Å²) in [6.45, 7) is 1.76. The normalized spacial score (nSPS) is 10.3. The first-order valence-electron chi connectivity index (χ1n) is 5.35. The molecule has 1 aromatic heterocycles. The number of halogens is 3. The van der Waals surface area contributed by atoms with Gasteiger partial charge in [-0.1, -0.05) is 23.2 Å². The highest BCUT2D eigenvalue weighted by Gasteiger charge is 2.12. The largest absolute Gasteiger partial charge is 0.322 e. The number of carbonyl (C=O) groups is 1. The molecule has 0 spiro atoms.